The molecule has 23 heavy (non-hydrogen) atoms. The van der Waals surface area contributed by atoms with Crippen molar-refractivity contribution in [1.29, 1.82) is 0 Å². The van der Waals surface area contributed by atoms with Crippen molar-refractivity contribution < 1.29 is 4.79 Å². The van der Waals surface area contributed by atoms with Crippen molar-refractivity contribution in [3.05, 3.63) is 11.6 Å². The van der Waals surface area contributed by atoms with Crippen LogP contribution in [-0.4, -0.2) is 33.6 Å². The lowest BCUT2D eigenvalue weighted by molar-refractivity contribution is -0.113. The van der Waals surface area contributed by atoms with E-state index in [0.29, 0.717) is 18.9 Å². The van der Waals surface area contributed by atoms with E-state index in [1.807, 2.05) is 13.8 Å². The maximum absolute atomic E-state index is 11.8. The number of hydrogen-bond donors (Lipinski definition) is 0. The van der Waals surface area contributed by atoms with Gasteiger partial charge in [-0.15, -0.1) is 0 Å². The van der Waals surface area contributed by atoms with Gasteiger partial charge in [-0.3, -0.25) is 9.79 Å². The van der Waals surface area contributed by atoms with Crippen LogP contribution in [0.3, 0.4) is 0 Å². The lowest BCUT2D eigenvalue weighted by Gasteiger charge is -2.24. The molecule has 0 amide bonds. The molecule has 0 radical (unpaired) electrons. The third kappa shape index (κ3) is 13.9. The van der Waals surface area contributed by atoms with Crippen LogP contribution in [0.15, 0.2) is 16.6 Å². The van der Waals surface area contributed by atoms with E-state index >= 15 is 0 Å². The summed E-state index contributed by atoms with van der Waals surface area (Å²) in [4.78, 5) is 16.0. The zero-order chi connectivity index (χ0) is 18.3. The summed E-state index contributed by atoms with van der Waals surface area (Å²) < 4.78 is 0. The van der Waals surface area contributed by atoms with E-state index in [9.17, 15) is 4.79 Å². The molecule has 0 aromatic carbocycles. The molecule has 0 aromatic heterocycles. The molecule has 0 rings (SSSR count). The van der Waals surface area contributed by atoms with E-state index in [4.69, 9.17) is 11.6 Å². The van der Waals surface area contributed by atoms with E-state index in [1.165, 1.54) is 12.1 Å². The van der Waals surface area contributed by atoms with Crippen LogP contribution in [-0.2, 0) is 4.79 Å². The van der Waals surface area contributed by atoms with Crippen LogP contribution in [0.25, 0.3) is 0 Å². The first-order valence-electron chi connectivity index (χ1n) is 8.71. The summed E-state index contributed by atoms with van der Waals surface area (Å²) in [6, 6.07) is 2.53. The van der Waals surface area contributed by atoms with Gasteiger partial charge >= 0.3 is 0 Å². The molecule has 0 aliphatic heterocycles. The molecule has 0 aliphatic rings. The van der Waals surface area contributed by atoms with E-state index in [0.717, 1.165) is 6.42 Å². The number of rotatable bonds is 10. The Morgan fingerprint density at radius 2 is 1.52 bits per heavy atom. The normalized spacial score (nSPS) is 13.4. The van der Waals surface area contributed by atoms with Crippen molar-refractivity contribution in [2.24, 2.45) is 10.9 Å². The van der Waals surface area contributed by atoms with Crippen LogP contribution in [0.1, 0.15) is 26.7 Å². The van der Waals surface area contributed by atoms with Crippen LogP contribution in [0.2, 0.25) is 51.4 Å². The highest BCUT2D eigenvalue weighted by Gasteiger charge is 2.21. The number of carbonyl (C=O) groups excluding carboxylic acids is 1. The fraction of sp³-hybridized carbons (Fsp3) is 0.778. The van der Waals surface area contributed by atoms with Gasteiger partial charge in [0.1, 0.15) is 0 Å². The summed E-state index contributed by atoms with van der Waals surface area (Å²) in [6.45, 7) is 19.2. The Morgan fingerprint density at radius 3 is 1.91 bits per heavy atom. The van der Waals surface area contributed by atoms with Crippen LogP contribution < -0.4 is 0 Å². The lowest BCUT2D eigenvalue weighted by Crippen LogP contribution is -2.25. The number of nitrogens with zero attached hydrogens (tertiary/aromatic N) is 1. The average Bonchev–Trinajstić information content (AvgIpc) is 2.29. The summed E-state index contributed by atoms with van der Waals surface area (Å²) in [5.41, 5.74) is 1.60. The van der Waals surface area contributed by atoms with E-state index < -0.39 is 16.1 Å². The molecule has 0 saturated carbocycles. The Kier molecular flexibility index (Phi) is 9.86. The molecule has 0 fully saturated rings. The highest BCUT2D eigenvalue weighted by Crippen LogP contribution is 2.25. The van der Waals surface area contributed by atoms with Crippen molar-refractivity contribution >= 4 is 38.7 Å². The first kappa shape index (κ1) is 22.8. The highest BCUT2D eigenvalue weighted by atomic mass is 35.5. The Morgan fingerprint density at radius 1 is 1.04 bits per heavy atom. The summed E-state index contributed by atoms with van der Waals surface area (Å²) in [5, 5.41) is 0.170. The number of ketones is 1. The zero-order valence-electron chi connectivity index (χ0n) is 16.4. The minimum atomic E-state index is -1.10. The Hall–Kier alpha value is -0.196. The number of hydrogen-bond acceptors (Lipinski definition) is 2. The molecule has 0 atom stereocenters. The van der Waals surface area contributed by atoms with Crippen molar-refractivity contribution in [3.63, 3.8) is 0 Å². The van der Waals surface area contributed by atoms with E-state index in [-0.39, 0.29) is 11.0 Å². The summed E-state index contributed by atoms with van der Waals surface area (Å²) >= 11 is 6.00. The summed E-state index contributed by atoms with van der Waals surface area (Å²) in [5.74, 6) is 0.293. The van der Waals surface area contributed by atoms with Gasteiger partial charge in [-0.2, -0.15) is 0 Å². The van der Waals surface area contributed by atoms with Crippen LogP contribution >= 0.6 is 11.6 Å². The lowest BCUT2D eigenvalue weighted by atomic mass is 10.1. The molecule has 0 N–H and O–H groups in total. The molecular weight excluding hydrogens is 338 g/mol. The number of carbonyl (C=O) groups is 1. The molecule has 0 bridgehead atoms. The maximum atomic E-state index is 11.8. The fourth-order valence-electron chi connectivity index (χ4n) is 2.54. The molecular formula is C18H36ClNOSi2. The third-order valence-corrected chi connectivity index (χ3v) is 6.51. The quantitative estimate of drug-likeness (QED) is 0.193. The maximum Gasteiger partial charge on any atom is 0.192 e. The topological polar surface area (TPSA) is 29.4 Å². The van der Waals surface area contributed by atoms with Gasteiger partial charge in [-0.25, -0.2) is 0 Å². The second-order valence-electron chi connectivity index (χ2n) is 9.32. The molecule has 0 unspecified atom stereocenters. The number of allylic oxidation sites excluding steroid dienone is 1. The minimum Gasteiger partial charge on any atom is -0.291 e. The molecule has 5 heteroatoms. The average molecular weight is 374 g/mol. The zero-order valence-corrected chi connectivity index (χ0v) is 19.2. The van der Waals surface area contributed by atoms with Gasteiger partial charge in [0.2, 0.25) is 0 Å². The van der Waals surface area contributed by atoms with Crippen LogP contribution in [0, 0.1) is 5.92 Å². The predicted octanol–water partition coefficient (Wildman–Crippen LogP) is 6.23. The Labute approximate surface area is 150 Å². The molecule has 0 aliphatic carbocycles. The van der Waals surface area contributed by atoms with Crippen molar-refractivity contribution in [1.82, 2.24) is 0 Å². The van der Waals surface area contributed by atoms with Crippen LogP contribution in [0.4, 0.5) is 0 Å². The van der Waals surface area contributed by atoms with Gasteiger partial charge in [-0.1, -0.05) is 76.4 Å². The van der Waals surface area contributed by atoms with Crippen molar-refractivity contribution in [2.45, 2.75) is 78.1 Å². The third-order valence-electron chi connectivity index (χ3n) is 3.15. The van der Waals surface area contributed by atoms with Gasteiger partial charge in [-0.05, 0) is 24.4 Å². The molecule has 2 nitrogen and oxygen atoms in total. The largest absolute Gasteiger partial charge is 0.291 e. The molecule has 0 heterocycles. The predicted molar refractivity (Wildman–Crippen MR) is 112 cm³/mol. The molecule has 0 spiro atoms. The monoisotopic (exact) mass is 373 g/mol. The molecule has 134 valence electrons. The molecule has 0 aromatic rings. The second-order valence-corrected chi connectivity index (χ2v) is 20.6. The second kappa shape index (κ2) is 9.95. The van der Waals surface area contributed by atoms with Gasteiger partial charge in [0.05, 0.1) is 0 Å². The fourth-order valence-corrected chi connectivity index (χ4v) is 6.22. The summed E-state index contributed by atoms with van der Waals surface area (Å²) in [6.07, 6.45) is 3.72. The first-order chi connectivity index (χ1) is 10.3. The van der Waals surface area contributed by atoms with E-state index in [2.05, 4.69) is 50.4 Å². The van der Waals surface area contributed by atoms with Gasteiger partial charge < -0.3 is 0 Å². The minimum absolute atomic E-state index is 0.0323. The number of Topliss-reactive ketones (excluding diaryl/α,β-unsaturated/α-hetero) is 1. The standard InChI is InChI=1S/C18H36ClNOSi2/c1-15(2)12-17(21)18(19)20-11-9-10-16(13-22(3,4)5)14-23(6,7)8/h10,15H,9,11-14H2,1-8H3. The Bertz CT molecular complexity index is 425. The SMILES string of the molecule is CC(C)CC(=O)C(Cl)=NCCC=C(C[Si](C)(C)C)C[Si](C)(C)C. The Balaban J connectivity index is 4.69. The number of halogens is 1. The first-order valence-corrected chi connectivity index (χ1v) is 16.5. The summed E-state index contributed by atoms with van der Waals surface area (Å²) in [7, 11) is -2.20. The van der Waals surface area contributed by atoms with Crippen molar-refractivity contribution in [3.8, 4) is 0 Å². The highest BCUT2D eigenvalue weighted by molar-refractivity contribution is 6.83. The number of aliphatic imine (C=N–C) groups is 1. The van der Waals surface area contributed by atoms with Crippen LogP contribution in [0.5, 0.6) is 0 Å². The van der Waals surface area contributed by atoms with E-state index in [1.54, 1.807) is 5.57 Å². The van der Waals surface area contributed by atoms with Gasteiger partial charge in [0, 0.05) is 29.1 Å². The van der Waals surface area contributed by atoms with Crippen molar-refractivity contribution in [2.75, 3.05) is 6.54 Å². The van der Waals surface area contributed by atoms with Gasteiger partial charge in [0.15, 0.2) is 11.0 Å². The molecule has 0 saturated heterocycles. The van der Waals surface area contributed by atoms with Gasteiger partial charge in [0.25, 0.3) is 0 Å². The smallest absolute Gasteiger partial charge is 0.192 e.